The van der Waals surface area contributed by atoms with Crippen molar-refractivity contribution in [1.29, 1.82) is 0 Å². The number of aliphatic hydroxyl groups is 1. The zero-order chi connectivity index (χ0) is 20.5. The molecule has 0 bridgehead atoms. The summed E-state index contributed by atoms with van der Waals surface area (Å²) in [6, 6.07) is 10.8. The van der Waals surface area contributed by atoms with Crippen molar-refractivity contribution in [3.05, 3.63) is 65.7 Å². The van der Waals surface area contributed by atoms with Gasteiger partial charge in [0.05, 0.1) is 13.2 Å². The molecule has 1 fully saturated rings. The van der Waals surface area contributed by atoms with E-state index in [1.54, 1.807) is 6.07 Å². The number of halogens is 3. The molecule has 0 aliphatic carbocycles. The minimum absolute atomic E-state index is 0.0361. The number of ether oxygens (including phenoxy) is 1. The molecule has 1 aliphatic heterocycles. The maximum absolute atomic E-state index is 13.4. The fourth-order valence-corrected chi connectivity index (χ4v) is 3.30. The molecule has 1 aliphatic rings. The number of nitrogens with one attached hydrogen (secondary N) is 2. The van der Waals surface area contributed by atoms with Crippen LogP contribution in [-0.2, 0) is 10.5 Å². The lowest BCUT2D eigenvalue weighted by molar-refractivity contribution is -0.190. The number of benzene rings is 2. The number of alkyl halides is 3. The van der Waals surface area contributed by atoms with Crippen molar-refractivity contribution in [3.63, 3.8) is 0 Å². The lowest BCUT2D eigenvalue weighted by atomic mass is 9.76. The summed E-state index contributed by atoms with van der Waals surface area (Å²) in [5, 5.41) is 15.5. The van der Waals surface area contributed by atoms with Crippen LogP contribution in [0.4, 0.5) is 18.0 Å². The first-order chi connectivity index (χ1) is 13.2. The highest BCUT2D eigenvalue weighted by Gasteiger charge is 2.59. The number of urea groups is 1. The van der Waals surface area contributed by atoms with Crippen LogP contribution in [-0.4, -0.2) is 30.2 Å². The molecular weight excluding hydrogens is 377 g/mol. The SMILES string of the molecule is COc1ccc(C2NC(=O)NC(O)(c3ccccc3)C2C(=O)C(F)(F)F)cc1. The van der Waals surface area contributed by atoms with Gasteiger partial charge in [0.15, 0.2) is 5.72 Å². The Morgan fingerprint density at radius 3 is 2.25 bits per heavy atom. The topological polar surface area (TPSA) is 87.7 Å². The number of carbonyl (C=O) groups is 2. The Morgan fingerprint density at radius 1 is 1.11 bits per heavy atom. The standard InChI is InChI=1S/C19H17F3N2O4/c1-28-13-9-7-11(8-10-13)15-14(16(25)19(20,21)22)18(27,24-17(26)23-15)12-5-3-2-4-6-12/h2-10,14-15,27H,1H3,(H2,23,24,26). The third kappa shape index (κ3) is 3.53. The first-order valence-corrected chi connectivity index (χ1v) is 8.28. The number of hydrogen-bond acceptors (Lipinski definition) is 4. The summed E-state index contributed by atoms with van der Waals surface area (Å²) < 4.78 is 45.2. The van der Waals surface area contributed by atoms with Crippen molar-refractivity contribution in [3.8, 4) is 5.75 Å². The van der Waals surface area contributed by atoms with E-state index in [1.165, 1.54) is 55.6 Å². The molecule has 9 heteroatoms. The lowest BCUT2D eigenvalue weighted by Crippen LogP contribution is -2.66. The Balaban J connectivity index is 2.15. The normalized spacial score (nSPS) is 24.8. The second-order valence-corrected chi connectivity index (χ2v) is 6.32. The molecule has 2 amide bonds. The van der Waals surface area contributed by atoms with Crippen LogP contribution >= 0.6 is 0 Å². The van der Waals surface area contributed by atoms with Gasteiger partial charge >= 0.3 is 12.2 Å². The van der Waals surface area contributed by atoms with Gasteiger partial charge in [0.2, 0.25) is 5.78 Å². The molecule has 0 aromatic heterocycles. The van der Waals surface area contributed by atoms with E-state index in [0.717, 1.165) is 0 Å². The fourth-order valence-electron chi connectivity index (χ4n) is 3.30. The molecule has 2 aromatic carbocycles. The molecule has 0 radical (unpaired) electrons. The van der Waals surface area contributed by atoms with Crippen molar-refractivity contribution >= 4 is 11.8 Å². The summed E-state index contributed by atoms with van der Waals surface area (Å²) in [6.45, 7) is 0. The second kappa shape index (κ2) is 7.16. The van der Waals surface area contributed by atoms with Crippen LogP contribution in [0.1, 0.15) is 17.2 Å². The number of hydrogen-bond donors (Lipinski definition) is 3. The number of methoxy groups -OCH3 is 1. The Bertz CT molecular complexity index is 871. The van der Waals surface area contributed by atoms with Crippen molar-refractivity contribution in [2.45, 2.75) is 17.9 Å². The monoisotopic (exact) mass is 394 g/mol. The number of ketones is 1. The third-order valence-corrected chi connectivity index (χ3v) is 4.62. The zero-order valence-electron chi connectivity index (χ0n) is 14.7. The average Bonchev–Trinajstić information content (AvgIpc) is 2.67. The molecule has 28 heavy (non-hydrogen) atoms. The molecule has 3 unspecified atom stereocenters. The predicted octanol–water partition coefficient (Wildman–Crippen LogP) is 2.64. The van der Waals surface area contributed by atoms with Gasteiger partial charge in [0.1, 0.15) is 11.7 Å². The van der Waals surface area contributed by atoms with Gasteiger partial charge < -0.3 is 20.5 Å². The first kappa shape index (κ1) is 19.7. The largest absolute Gasteiger partial charge is 0.497 e. The van der Waals surface area contributed by atoms with Crippen molar-refractivity contribution in [2.24, 2.45) is 5.92 Å². The molecule has 0 saturated carbocycles. The summed E-state index contributed by atoms with van der Waals surface area (Å²) in [7, 11) is 1.42. The molecule has 2 aromatic rings. The van der Waals surface area contributed by atoms with Gasteiger partial charge in [-0.1, -0.05) is 42.5 Å². The fraction of sp³-hybridized carbons (Fsp3) is 0.263. The highest BCUT2D eigenvalue weighted by molar-refractivity contribution is 5.91. The van der Waals surface area contributed by atoms with Crippen molar-refractivity contribution in [2.75, 3.05) is 7.11 Å². The maximum Gasteiger partial charge on any atom is 0.450 e. The van der Waals surface area contributed by atoms with Crippen LogP contribution in [0.15, 0.2) is 54.6 Å². The molecule has 3 rings (SSSR count). The summed E-state index contributed by atoms with van der Waals surface area (Å²) in [4.78, 5) is 24.5. The van der Waals surface area contributed by atoms with Crippen LogP contribution in [0.2, 0.25) is 0 Å². The number of Topliss-reactive ketones (excluding diaryl/α,β-unsaturated/α-hetero) is 1. The molecule has 6 nitrogen and oxygen atoms in total. The molecule has 1 saturated heterocycles. The van der Waals surface area contributed by atoms with Crippen molar-refractivity contribution in [1.82, 2.24) is 10.6 Å². The smallest absolute Gasteiger partial charge is 0.450 e. The van der Waals surface area contributed by atoms with Gasteiger partial charge in [0, 0.05) is 5.56 Å². The first-order valence-electron chi connectivity index (χ1n) is 8.28. The molecular formula is C19H17F3N2O4. The van der Waals surface area contributed by atoms with Gasteiger partial charge in [-0.15, -0.1) is 0 Å². The van der Waals surface area contributed by atoms with Gasteiger partial charge in [-0.05, 0) is 17.7 Å². The lowest BCUT2D eigenvalue weighted by Gasteiger charge is -2.45. The summed E-state index contributed by atoms with van der Waals surface area (Å²) in [5.74, 6) is -3.77. The molecule has 3 N–H and O–H groups in total. The Morgan fingerprint density at radius 2 is 1.71 bits per heavy atom. The third-order valence-electron chi connectivity index (χ3n) is 4.62. The summed E-state index contributed by atoms with van der Waals surface area (Å²) >= 11 is 0. The molecule has 0 spiro atoms. The van der Waals surface area contributed by atoms with Crippen LogP contribution in [0, 0.1) is 5.92 Å². The summed E-state index contributed by atoms with van der Waals surface area (Å²) in [5.41, 5.74) is -2.38. The number of rotatable bonds is 4. The van der Waals surface area contributed by atoms with E-state index in [4.69, 9.17) is 4.74 Å². The predicted molar refractivity (Wildman–Crippen MR) is 92.3 cm³/mol. The quantitative estimate of drug-likeness (QED) is 0.744. The van der Waals surface area contributed by atoms with Crippen LogP contribution in [0.5, 0.6) is 5.75 Å². The van der Waals surface area contributed by atoms with E-state index < -0.39 is 35.7 Å². The van der Waals surface area contributed by atoms with Gasteiger partial charge in [-0.3, -0.25) is 4.79 Å². The van der Waals surface area contributed by atoms with E-state index in [1.807, 2.05) is 0 Å². The van der Waals surface area contributed by atoms with Crippen molar-refractivity contribution < 1.29 is 32.6 Å². The van der Waals surface area contributed by atoms with Crippen LogP contribution in [0.25, 0.3) is 0 Å². The number of amides is 2. The molecule has 148 valence electrons. The molecule has 3 atom stereocenters. The van der Waals surface area contributed by atoms with Gasteiger partial charge in [-0.25, -0.2) is 4.79 Å². The minimum Gasteiger partial charge on any atom is -0.497 e. The van der Waals surface area contributed by atoms with Crippen LogP contribution < -0.4 is 15.4 Å². The minimum atomic E-state index is -5.22. The second-order valence-electron chi connectivity index (χ2n) is 6.32. The Labute approximate surface area is 158 Å². The Hall–Kier alpha value is -3.07. The maximum atomic E-state index is 13.4. The van der Waals surface area contributed by atoms with E-state index in [9.17, 15) is 27.9 Å². The zero-order valence-corrected chi connectivity index (χ0v) is 14.7. The van der Waals surface area contributed by atoms with E-state index in [-0.39, 0.29) is 11.1 Å². The highest BCUT2D eigenvalue weighted by atomic mass is 19.4. The van der Waals surface area contributed by atoms with E-state index >= 15 is 0 Å². The summed E-state index contributed by atoms with van der Waals surface area (Å²) in [6.07, 6.45) is -5.22. The molecule has 1 heterocycles. The highest BCUT2D eigenvalue weighted by Crippen LogP contribution is 2.43. The van der Waals surface area contributed by atoms with E-state index in [2.05, 4.69) is 10.6 Å². The van der Waals surface area contributed by atoms with E-state index in [0.29, 0.717) is 5.75 Å². The Kier molecular flexibility index (Phi) is 5.03. The average molecular weight is 394 g/mol. The van der Waals surface area contributed by atoms with Gasteiger partial charge in [0.25, 0.3) is 0 Å². The van der Waals surface area contributed by atoms with Gasteiger partial charge in [-0.2, -0.15) is 13.2 Å². The van der Waals surface area contributed by atoms with Crippen LogP contribution in [0.3, 0.4) is 0 Å². The number of carbonyl (C=O) groups excluding carboxylic acids is 2.